The lowest BCUT2D eigenvalue weighted by Gasteiger charge is -2.16. The van der Waals surface area contributed by atoms with E-state index in [9.17, 15) is 13.2 Å². The highest BCUT2D eigenvalue weighted by Gasteiger charge is 2.23. The van der Waals surface area contributed by atoms with Crippen LogP contribution in [0.25, 0.3) is 0 Å². The fourth-order valence-electron chi connectivity index (χ4n) is 1.95. The van der Waals surface area contributed by atoms with Crippen LogP contribution in [0.5, 0.6) is 5.75 Å². The number of benzene rings is 1. The fraction of sp³-hybridized carbons (Fsp3) is 0.500. The van der Waals surface area contributed by atoms with Crippen molar-refractivity contribution in [2.75, 3.05) is 13.7 Å². The number of nitrogens with one attached hydrogen (secondary N) is 1. The Labute approximate surface area is 139 Å². The molecule has 0 saturated heterocycles. The van der Waals surface area contributed by atoms with Crippen molar-refractivity contribution < 1.29 is 23.1 Å². The Hall–Kier alpha value is -1.12. The van der Waals surface area contributed by atoms with Crippen LogP contribution in [0.4, 0.5) is 0 Å². The molecule has 0 aliphatic carbocycles. The number of ether oxygens (including phenoxy) is 1. The van der Waals surface area contributed by atoms with Gasteiger partial charge in [-0.05, 0) is 46.5 Å². The van der Waals surface area contributed by atoms with Gasteiger partial charge in [0.05, 0.1) is 22.4 Å². The second-order valence-corrected chi connectivity index (χ2v) is 7.93. The lowest BCUT2D eigenvalue weighted by molar-refractivity contribution is -0.142. The Kier molecular flexibility index (Phi) is 6.83. The minimum absolute atomic E-state index is 0.0499. The van der Waals surface area contributed by atoms with Crippen molar-refractivity contribution in [3.8, 4) is 5.75 Å². The van der Waals surface area contributed by atoms with Crippen LogP contribution in [0.3, 0.4) is 0 Å². The summed E-state index contributed by atoms with van der Waals surface area (Å²) in [5, 5.41) is 9.14. The third-order valence-electron chi connectivity index (χ3n) is 3.06. The van der Waals surface area contributed by atoms with Gasteiger partial charge in [-0.25, -0.2) is 13.1 Å². The zero-order valence-corrected chi connectivity index (χ0v) is 15.1. The number of aliphatic carboxylic acids is 1. The summed E-state index contributed by atoms with van der Waals surface area (Å²) in [5.41, 5.74) is 0. The summed E-state index contributed by atoms with van der Waals surface area (Å²) < 4.78 is 32.4. The van der Waals surface area contributed by atoms with Gasteiger partial charge in [-0.2, -0.15) is 0 Å². The average molecular weight is 394 g/mol. The maximum absolute atomic E-state index is 12.2. The maximum atomic E-state index is 12.2. The van der Waals surface area contributed by atoms with Crippen LogP contribution >= 0.6 is 15.9 Å². The molecule has 6 nitrogen and oxygen atoms in total. The summed E-state index contributed by atoms with van der Waals surface area (Å²) >= 11 is 3.22. The smallest absolute Gasteiger partial charge is 0.307 e. The van der Waals surface area contributed by atoms with E-state index in [-0.39, 0.29) is 17.4 Å². The summed E-state index contributed by atoms with van der Waals surface area (Å²) in [6, 6.07) is 4.35. The van der Waals surface area contributed by atoms with Gasteiger partial charge in [0.25, 0.3) is 0 Å². The molecule has 0 fully saturated rings. The number of hydrogen-bond donors (Lipinski definition) is 2. The molecular formula is C14H20BrNO5S. The van der Waals surface area contributed by atoms with E-state index in [1.54, 1.807) is 0 Å². The molecule has 1 aromatic carbocycles. The molecule has 0 spiro atoms. The highest BCUT2D eigenvalue weighted by atomic mass is 79.9. The van der Waals surface area contributed by atoms with Crippen molar-refractivity contribution in [3.63, 3.8) is 0 Å². The Balaban J connectivity index is 2.86. The largest absolute Gasteiger partial charge is 0.496 e. The molecule has 0 bridgehead atoms. The molecule has 1 aromatic rings. The van der Waals surface area contributed by atoms with Crippen LogP contribution in [0.15, 0.2) is 27.6 Å². The topological polar surface area (TPSA) is 92.7 Å². The zero-order chi connectivity index (χ0) is 16.9. The number of sulfonamides is 1. The number of methoxy groups -OCH3 is 1. The standard InChI is InChI=1S/C14H20BrNO5S/c1-9(2)6-10(14(17)18)8-16-22(19,20)11-4-5-13(21-3)12(15)7-11/h4-5,7,9-10,16H,6,8H2,1-3H3,(H,17,18). The highest BCUT2D eigenvalue weighted by molar-refractivity contribution is 9.10. The van der Waals surface area contributed by atoms with E-state index in [1.165, 1.54) is 25.3 Å². The first-order valence-electron chi connectivity index (χ1n) is 6.73. The molecule has 0 aromatic heterocycles. The number of carboxylic acid groups (broad SMARTS) is 1. The predicted octanol–water partition coefficient (Wildman–Crippen LogP) is 2.48. The van der Waals surface area contributed by atoms with Crippen LogP contribution in [0.2, 0.25) is 0 Å². The van der Waals surface area contributed by atoms with Gasteiger partial charge in [-0.1, -0.05) is 13.8 Å². The maximum Gasteiger partial charge on any atom is 0.307 e. The molecule has 8 heteroatoms. The molecular weight excluding hydrogens is 374 g/mol. The quantitative estimate of drug-likeness (QED) is 0.707. The second kappa shape index (κ2) is 7.94. The summed E-state index contributed by atoms with van der Waals surface area (Å²) in [6.07, 6.45) is 0.407. The lowest BCUT2D eigenvalue weighted by Crippen LogP contribution is -2.33. The van der Waals surface area contributed by atoms with Gasteiger partial charge >= 0.3 is 5.97 Å². The predicted molar refractivity (Wildman–Crippen MR) is 86.5 cm³/mol. The van der Waals surface area contributed by atoms with Crippen LogP contribution in [-0.2, 0) is 14.8 Å². The van der Waals surface area contributed by atoms with Crippen molar-refractivity contribution in [3.05, 3.63) is 22.7 Å². The SMILES string of the molecule is COc1ccc(S(=O)(=O)NCC(CC(C)C)C(=O)O)cc1Br. The van der Waals surface area contributed by atoms with Crippen molar-refractivity contribution in [1.82, 2.24) is 4.72 Å². The second-order valence-electron chi connectivity index (χ2n) is 5.31. The Morgan fingerprint density at radius 1 is 1.41 bits per heavy atom. The first kappa shape index (κ1) is 18.9. The summed E-state index contributed by atoms with van der Waals surface area (Å²) in [4.78, 5) is 11.2. The van der Waals surface area contributed by atoms with Gasteiger partial charge in [0.15, 0.2) is 0 Å². The molecule has 0 aliphatic heterocycles. The number of rotatable bonds is 8. The van der Waals surface area contributed by atoms with E-state index in [0.29, 0.717) is 16.6 Å². The molecule has 0 amide bonds. The molecule has 2 N–H and O–H groups in total. The first-order chi connectivity index (χ1) is 10.2. The molecule has 1 unspecified atom stereocenters. The van der Waals surface area contributed by atoms with Crippen molar-refractivity contribution in [2.45, 2.75) is 25.2 Å². The Morgan fingerprint density at radius 3 is 2.50 bits per heavy atom. The van der Waals surface area contributed by atoms with E-state index in [4.69, 9.17) is 9.84 Å². The monoisotopic (exact) mass is 393 g/mol. The summed E-state index contributed by atoms with van der Waals surface area (Å²) in [5.74, 6) is -1.08. The molecule has 22 heavy (non-hydrogen) atoms. The molecule has 0 radical (unpaired) electrons. The molecule has 0 aliphatic rings. The van der Waals surface area contributed by atoms with Gasteiger partial charge in [0.2, 0.25) is 10.0 Å². The highest BCUT2D eigenvalue weighted by Crippen LogP contribution is 2.27. The van der Waals surface area contributed by atoms with Crippen molar-refractivity contribution >= 4 is 31.9 Å². The van der Waals surface area contributed by atoms with Crippen LogP contribution < -0.4 is 9.46 Å². The van der Waals surface area contributed by atoms with Crippen LogP contribution in [0.1, 0.15) is 20.3 Å². The third kappa shape index (κ3) is 5.26. The minimum atomic E-state index is -3.77. The lowest BCUT2D eigenvalue weighted by atomic mass is 9.98. The number of hydrogen-bond acceptors (Lipinski definition) is 4. The van der Waals surface area contributed by atoms with Crippen molar-refractivity contribution in [2.24, 2.45) is 11.8 Å². The normalized spacial score (nSPS) is 13.1. The molecule has 0 saturated carbocycles. The van der Waals surface area contributed by atoms with E-state index in [1.807, 2.05) is 13.8 Å². The first-order valence-corrected chi connectivity index (χ1v) is 9.01. The summed E-state index contributed by atoms with van der Waals surface area (Å²) in [6.45, 7) is 3.65. The number of carbonyl (C=O) groups is 1. The van der Waals surface area contributed by atoms with Crippen LogP contribution in [-0.4, -0.2) is 33.1 Å². The van der Waals surface area contributed by atoms with E-state index < -0.39 is 21.9 Å². The van der Waals surface area contributed by atoms with Crippen LogP contribution in [0, 0.1) is 11.8 Å². The summed E-state index contributed by atoms with van der Waals surface area (Å²) in [7, 11) is -2.29. The van der Waals surface area contributed by atoms with Gasteiger partial charge in [-0.15, -0.1) is 0 Å². The average Bonchev–Trinajstić information content (AvgIpc) is 2.42. The minimum Gasteiger partial charge on any atom is -0.496 e. The third-order valence-corrected chi connectivity index (χ3v) is 5.10. The Bertz CT molecular complexity index is 630. The van der Waals surface area contributed by atoms with E-state index in [0.717, 1.165) is 0 Å². The van der Waals surface area contributed by atoms with Gasteiger partial charge in [0, 0.05) is 6.54 Å². The van der Waals surface area contributed by atoms with Gasteiger partial charge in [-0.3, -0.25) is 4.79 Å². The zero-order valence-electron chi connectivity index (χ0n) is 12.7. The van der Waals surface area contributed by atoms with Gasteiger partial charge < -0.3 is 9.84 Å². The van der Waals surface area contributed by atoms with E-state index >= 15 is 0 Å². The fourth-order valence-corrected chi connectivity index (χ4v) is 3.75. The molecule has 0 heterocycles. The number of carboxylic acids is 1. The van der Waals surface area contributed by atoms with Crippen molar-refractivity contribution in [1.29, 1.82) is 0 Å². The van der Waals surface area contributed by atoms with Gasteiger partial charge in [0.1, 0.15) is 5.75 Å². The molecule has 1 rings (SSSR count). The molecule has 124 valence electrons. The Morgan fingerprint density at radius 2 is 2.05 bits per heavy atom. The molecule has 1 atom stereocenters. The number of halogens is 1. The van der Waals surface area contributed by atoms with E-state index in [2.05, 4.69) is 20.7 Å².